The molecule has 1 N–H and O–H groups in total. The van der Waals surface area contributed by atoms with Crippen LogP contribution >= 0.6 is 0 Å². The summed E-state index contributed by atoms with van der Waals surface area (Å²) in [6.07, 6.45) is 1.70. The zero-order chi connectivity index (χ0) is 14.7. The third-order valence-corrected chi connectivity index (χ3v) is 4.07. The lowest BCUT2D eigenvalue weighted by atomic mass is 10.1. The highest BCUT2D eigenvalue weighted by molar-refractivity contribution is 5.83. The lowest BCUT2D eigenvalue weighted by Crippen LogP contribution is -2.50. The van der Waals surface area contributed by atoms with Gasteiger partial charge in [-0.3, -0.25) is 4.79 Å². The monoisotopic (exact) mass is 290 g/mol. The summed E-state index contributed by atoms with van der Waals surface area (Å²) in [6, 6.07) is 7.73. The number of nitrogens with one attached hydrogen (secondary N) is 1. The second kappa shape index (κ2) is 6.35. The summed E-state index contributed by atoms with van der Waals surface area (Å²) in [5, 5.41) is 3.26. The first kappa shape index (κ1) is 14.2. The Morgan fingerprint density at radius 1 is 1.38 bits per heavy atom. The number of hydrogen-bond acceptors (Lipinski definition) is 4. The number of nitrogens with zero attached hydrogens (tertiary/aromatic N) is 1. The molecule has 1 fully saturated rings. The number of para-hydroxylation sites is 2. The second-order valence-electron chi connectivity index (χ2n) is 5.46. The van der Waals surface area contributed by atoms with Crippen LogP contribution in [0.2, 0.25) is 0 Å². The summed E-state index contributed by atoms with van der Waals surface area (Å²) in [4.78, 5) is 14.4. The lowest BCUT2D eigenvalue weighted by molar-refractivity contribution is -0.140. The van der Waals surface area contributed by atoms with E-state index in [0.29, 0.717) is 12.6 Å². The van der Waals surface area contributed by atoms with Gasteiger partial charge in [0.2, 0.25) is 0 Å². The number of piperidine rings is 1. The molecule has 1 amide bonds. The number of fused-ring (bicyclic) bond motifs is 1. The molecule has 1 aromatic carbocycles. The van der Waals surface area contributed by atoms with E-state index in [1.807, 2.05) is 36.1 Å². The SMILES string of the molecule is CCOC1CCN(C(=O)C2CNc3ccccc3O2)CC1. The van der Waals surface area contributed by atoms with Gasteiger partial charge in [0.1, 0.15) is 5.75 Å². The molecule has 2 aliphatic rings. The van der Waals surface area contributed by atoms with Gasteiger partial charge in [-0.05, 0) is 31.9 Å². The van der Waals surface area contributed by atoms with Crippen molar-refractivity contribution in [1.82, 2.24) is 4.90 Å². The van der Waals surface area contributed by atoms with E-state index in [2.05, 4.69) is 5.32 Å². The minimum absolute atomic E-state index is 0.0759. The summed E-state index contributed by atoms with van der Waals surface area (Å²) in [5.74, 6) is 0.832. The number of carbonyl (C=O) groups excluding carboxylic acids is 1. The van der Waals surface area contributed by atoms with E-state index in [9.17, 15) is 4.79 Å². The van der Waals surface area contributed by atoms with Crippen molar-refractivity contribution in [3.63, 3.8) is 0 Å². The highest BCUT2D eigenvalue weighted by atomic mass is 16.5. The van der Waals surface area contributed by atoms with E-state index in [-0.39, 0.29) is 5.91 Å². The Morgan fingerprint density at radius 3 is 2.90 bits per heavy atom. The Kier molecular flexibility index (Phi) is 4.29. The Balaban J connectivity index is 1.57. The molecule has 1 atom stereocenters. The molecule has 114 valence electrons. The molecule has 5 nitrogen and oxygen atoms in total. The van der Waals surface area contributed by atoms with Crippen molar-refractivity contribution >= 4 is 11.6 Å². The maximum atomic E-state index is 12.5. The molecule has 0 aliphatic carbocycles. The fraction of sp³-hybridized carbons (Fsp3) is 0.562. The summed E-state index contributed by atoms with van der Waals surface area (Å²) < 4.78 is 11.5. The van der Waals surface area contributed by atoms with Gasteiger partial charge in [0.25, 0.3) is 5.91 Å². The predicted molar refractivity (Wildman–Crippen MR) is 80.6 cm³/mol. The fourth-order valence-corrected chi connectivity index (χ4v) is 2.93. The lowest BCUT2D eigenvalue weighted by Gasteiger charge is -2.35. The van der Waals surface area contributed by atoms with Gasteiger partial charge in [-0.25, -0.2) is 0 Å². The number of benzene rings is 1. The first-order valence-electron chi connectivity index (χ1n) is 7.68. The van der Waals surface area contributed by atoms with E-state index in [1.165, 1.54) is 0 Å². The van der Waals surface area contributed by atoms with E-state index >= 15 is 0 Å². The number of hydrogen-bond donors (Lipinski definition) is 1. The zero-order valence-corrected chi connectivity index (χ0v) is 12.4. The Morgan fingerprint density at radius 2 is 2.14 bits per heavy atom. The number of anilines is 1. The van der Waals surface area contributed by atoms with Crippen molar-refractivity contribution in [2.45, 2.75) is 32.0 Å². The van der Waals surface area contributed by atoms with Crippen molar-refractivity contribution in [1.29, 1.82) is 0 Å². The first-order valence-corrected chi connectivity index (χ1v) is 7.68. The van der Waals surface area contributed by atoms with Crippen molar-refractivity contribution in [2.75, 3.05) is 31.6 Å². The van der Waals surface area contributed by atoms with Crippen LogP contribution in [0.3, 0.4) is 0 Å². The van der Waals surface area contributed by atoms with Gasteiger partial charge in [0.15, 0.2) is 6.10 Å². The topological polar surface area (TPSA) is 50.8 Å². The molecule has 21 heavy (non-hydrogen) atoms. The van der Waals surface area contributed by atoms with Crippen LogP contribution in [0.4, 0.5) is 5.69 Å². The van der Waals surface area contributed by atoms with Crippen LogP contribution < -0.4 is 10.1 Å². The highest BCUT2D eigenvalue weighted by Gasteiger charge is 2.32. The highest BCUT2D eigenvalue weighted by Crippen LogP contribution is 2.29. The van der Waals surface area contributed by atoms with Gasteiger partial charge in [0, 0.05) is 19.7 Å². The molecule has 1 saturated heterocycles. The number of likely N-dealkylation sites (tertiary alicyclic amines) is 1. The van der Waals surface area contributed by atoms with Gasteiger partial charge in [-0.15, -0.1) is 0 Å². The van der Waals surface area contributed by atoms with Gasteiger partial charge < -0.3 is 19.7 Å². The first-order chi connectivity index (χ1) is 10.3. The number of rotatable bonds is 3. The van der Waals surface area contributed by atoms with Crippen LogP contribution in [-0.2, 0) is 9.53 Å². The van der Waals surface area contributed by atoms with Crippen molar-refractivity contribution in [3.05, 3.63) is 24.3 Å². The van der Waals surface area contributed by atoms with E-state index in [1.54, 1.807) is 0 Å². The molecule has 5 heteroatoms. The molecule has 1 unspecified atom stereocenters. The molecule has 0 bridgehead atoms. The average Bonchev–Trinajstić information content (AvgIpc) is 2.55. The summed E-state index contributed by atoms with van der Waals surface area (Å²) in [7, 11) is 0. The molecule has 2 aliphatic heterocycles. The minimum Gasteiger partial charge on any atom is -0.477 e. The van der Waals surface area contributed by atoms with Gasteiger partial charge in [-0.2, -0.15) is 0 Å². The van der Waals surface area contributed by atoms with Crippen LogP contribution in [0.1, 0.15) is 19.8 Å². The Hall–Kier alpha value is -1.75. The fourth-order valence-electron chi connectivity index (χ4n) is 2.93. The van der Waals surface area contributed by atoms with E-state index in [4.69, 9.17) is 9.47 Å². The van der Waals surface area contributed by atoms with Gasteiger partial charge >= 0.3 is 0 Å². The summed E-state index contributed by atoms with van der Waals surface area (Å²) >= 11 is 0. The smallest absolute Gasteiger partial charge is 0.265 e. The second-order valence-corrected chi connectivity index (χ2v) is 5.46. The minimum atomic E-state index is -0.427. The van der Waals surface area contributed by atoms with Crippen LogP contribution in [0, 0.1) is 0 Å². The molecule has 0 saturated carbocycles. The summed E-state index contributed by atoms with van der Waals surface area (Å²) in [6.45, 7) is 4.79. The molecule has 0 spiro atoms. The normalized spacial score (nSPS) is 22.1. The predicted octanol–water partition coefficient (Wildman–Crippen LogP) is 1.89. The molecular weight excluding hydrogens is 268 g/mol. The quantitative estimate of drug-likeness (QED) is 0.923. The molecular formula is C16H22N2O3. The number of ether oxygens (including phenoxy) is 2. The van der Waals surface area contributed by atoms with Crippen molar-refractivity contribution < 1.29 is 14.3 Å². The van der Waals surface area contributed by atoms with Crippen molar-refractivity contribution in [2.24, 2.45) is 0 Å². The Bertz CT molecular complexity index is 498. The standard InChI is InChI=1S/C16H22N2O3/c1-2-20-12-7-9-18(10-8-12)16(19)15-11-17-13-5-3-4-6-14(13)21-15/h3-6,12,15,17H,2,7-11H2,1H3. The van der Waals surface area contributed by atoms with Crippen LogP contribution in [0.5, 0.6) is 5.75 Å². The zero-order valence-electron chi connectivity index (χ0n) is 12.4. The average molecular weight is 290 g/mol. The maximum absolute atomic E-state index is 12.5. The molecule has 1 aromatic rings. The van der Waals surface area contributed by atoms with E-state index < -0.39 is 6.10 Å². The van der Waals surface area contributed by atoms with Crippen LogP contribution in [0.25, 0.3) is 0 Å². The Labute approximate surface area is 125 Å². The molecule has 0 aromatic heterocycles. The molecule has 2 heterocycles. The third-order valence-electron chi connectivity index (χ3n) is 4.07. The van der Waals surface area contributed by atoms with E-state index in [0.717, 1.165) is 44.0 Å². The van der Waals surface area contributed by atoms with Crippen LogP contribution in [0.15, 0.2) is 24.3 Å². The maximum Gasteiger partial charge on any atom is 0.265 e. The molecule has 3 rings (SSSR count). The summed E-state index contributed by atoms with van der Waals surface area (Å²) in [5.41, 5.74) is 0.955. The number of carbonyl (C=O) groups is 1. The van der Waals surface area contributed by atoms with Gasteiger partial charge in [0.05, 0.1) is 18.3 Å². The molecule has 0 radical (unpaired) electrons. The van der Waals surface area contributed by atoms with Crippen LogP contribution in [-0.4, -0.2) is 49.3 Å². The largest absolute Gasteiger partial charge is 0.477 e. The van der Waals surface area contributed by atoms with Crippen molar-refractivity contribution in [3.8, 4) is 5.75 Å². The van der Waals surface area contributed by atoms with Gasteiger partial charge in [-0.1, -0.05) is 12.1 Å². The number of amides is 1. The third kappa shape index (κ3) is 3.13.